The molecule has 0 fully saturated rings. The zero-order chi connectivity index (χ0) is 13.1. The van der Waals surface area contributed by atoms with Crippen LogP contribution < -0.4 is 5.73 Å². The first-order chi connectivity index (χ1) is 8.61. The van der Waals surface area contributed by atoms with Crippen LogP contribution in [0.25, 0.3) is 0 Å². The number of hydrogen-bond acceptors (Lipinski definition) is 3. The van der Waals surface area contributed by atoms with Gasteiger partial charge in [-0.1, -0.05) is 6.92 Å². The number of hydrogen-bond donors (Lipinski definition) is 1. The Morgan fingerprint density at radius 1 is 1.44 bits per heavy atom. The van der Waals surface area contributed by atoms with E-state index in [-0.39, 0.29) is 6.04 Å². The van der Waals surface area contributed by atoms with Crippen LogP contribution >= 0.6 is 11.3 Å². The van der Waals surface area contributed by atoms with E-state index < -0.39 is 0 Å². The average Bonchev–Trinajstić information content (AvgIpc) is 2.88. The monoisotopic (exact) mass is 263 g/mol. The van der Waals surface area contributed by atoms with Crippen molar-refractivity contribution >= 4 is 11.3 Å². The van der Waals surface area contributed by atoms with Gasteiger partial charge in [0.1, 0.15) is 5.82 Å². The van der Waals surface area contributed by atoms with E-state index in [0.29, 0.717) is 0 Å². The average molecular weight is 263 g/mol. The molecular weight excluding hydrogens is 242 g/mol. The number of imidazole rings is 1. The molecule has 2 N–H and O–H groups in total. The molecule has 4 heteroatoms. The number of rotatable bonds is 5. The van der Waals surface area contributed by atoms with Crippen LogP contribution in [0.1, 0.15) is 40.5 Å². The van der Waals surface area contributed by atoms with Crippen molar-refractivity contribution in [2.75, 3.05) is 0 Å². The Morgan fingerprint density at radius 2 is 2.22 bits per heavy atom. The molecule has 0 aromatic carbocycles. The molecule has 18 heavy (non-hydrogen) atoms. The van der Waals surface area contributed by atoms with Gasteiger partial charge in [-0.15, -0.1) is 11.3 Å². The standard InChI is InChI=1S/C14H21N3S/c1-4-6-17-7-5-16-14(17)9-12(15)13-8-10(2)11(3)18-13/h5,7-8,12H,4,6,9,15H2,1-3H3. The van der Waals surface area contributed by atoms with E-state index in [4.69, 9.17) is 5.73 Å². The van der Waals surface area contributed by atoms with Gasteiger partial charge in [0.2, 0.25) is 0 Å². The lowest BCUT2D eigenvalue weighted by atomic mass is 10.1. The lowest BCUT2D eigenvalue weighted by molar-refractivity contribution is 0.602. The second-order valence-corrected chi connectivity index (χ2v) is 6.02. The van der Waals surface area contributed by atoms with Gasteiger partial charge in [0.05, 0.1) is 0 Å². The molecule has 1 atom stereocenters. The van der Waals surface area contributed by atoms with Crippen LogP contribution in [0.3, 0.4) is 0 Å². The summed E-state index contributed by atoms with van der Waals surface area (Å²) < 4.78 is 2.20. The number of nitrogens with zero attached hydrogens (tertiary/aromatic N) is 2. The van der Waals surface area contributed by atoms with Gasteiger partial charge < -0.3 is 10.3 Å². The maximum Gasteiger partial charge on any atom is 0.110 e. The minimum atomic E-state index is 0.0559. The molecular formula is C14H21N3S. The highest BCUT2D eigenvalue weighted by atomic mass is 32.1. The zero-order valence-electron chi connectivity index (χ0n) is 11.3. The summed E-state index contributed by atoms with van der Waals surface area (Å²) in [6, 6.07) is 2.26. The number of aromatic nitrogens is 2. The van der Waals surface area contributed by atoms with Crippen molar-refractivity contribution in [1.82, 2.24) is 9.55 Å². The third kappa shape index (κ3) is 2.82. The highest BCUT2D eigenvalue weighted by Crippen LogP contribution is 2.26. The van der Waals surface area contributed by atoms with Crippen LogP contribution in [-0.2, 0) is 13.0 Å². The van der Waals surface area contributed by atoms with Gasteiger partial charge in [-0.2, -0.15) is 0 Å². The third-order valence-electron chi connectivity index (χ3n) is 3.22. The summed E-state index contributed by atoms with van der Waals surface area (Å²) in [5, 5.41) is 0. The molecule has 98 valence electrons. The molecule has 0 aliphatic carbocycles. The molecule has 0 spiro atoms. The third-order valence-corrected chi connectivity index (χ3v) is 4.50. The van der Waals surface area contributed by atoms with Gasteiger partial charge >= 0.3 is 0 Å². The minimum Gasteiger partial charge on any atom is -0.335 e. The van der Waals surface area contributed by atoms with Crippen LogP contribution in [-0.4, -0.2) is 9.55 Å². The molecule has 0 amide bonds. The maximum atomic E-state index is 6.29. The molecule has 0 aliphatic heterocycles. The van der Waals surface area contributed by atoms with E-state index in [9.17, 15) is 0 Å². The summed E-state index contributed by atoms with van der Waals surface area (Å²) in [5.74, 6) is 1.09. The lowest BCUT2D eigenvalue weighted by Gasteiger charge is -2.11. The van der Waals surface area contributed by atoms with Crippen molar-refractivity contribution < 1.29 is 0 Å². The highest BCUT2D eigenvalue weighted by Gasteiger charge is 2.13. The van der Waals surface area contributed by atoms with Gasteiger partial charge in [0, 0.05) is 41.2 Å². The predicted octanol–water partition coefficient (Wildman–Crippen LogP) is 3.21. The molecule has 0 saturated heterocycles. The molecule has 2 heterocycles. The summed E-state index contributed by atoms with van der Waals surface area (Å²) in [6.45, 7) is 7.48. The van der Waals surface area contributed by atoms with E-state index in [1.807, 2.05) is 12.4 Å². The van der Waals surface area contributed by atoms with Crippen LogP contribution in [0.2, 0.25) is 0 Å². The van der Waals surface area contributed by atoms with Crippen LogP contribution in [0.4, 0.5) is 0 Å². The van der Waals surface area contributed by atoms with Crippen molar-refractivity contribution in [3.8, 4) is 0 Å². The van der Waals surface area contributed by atoms with E-state index in [2.05, 4.69) is 36.4 Å². The molecule has 1 unspecified atom stereocenters. The molecule has 3 nitrogen and oxygen atoms in total. The molecule has 0 aliphatic rings. The SMILES string of the molecule is CCCn1ccnc1CC(N)c1cc(C)c(C)s1. The van der Waals surface area contributed by atoms with Crippen LogP contribution in [0.5, 0.6) is 0 Å². The van der Waals surface area contributed by atoms with Crippen molar-refractivity contribution in [2.45, 2.75) is 46.2 Å². The molecule has 2 aromatic rings. The summed E-state index contributed by atoms with van der Waals surface area (Å²) in [5.41, 5.74) is 7.63. The first-order valence-electron chi connectivity index (χ1n) is 6.44. The highest BCUT2D eigenvalue weighted by molar-refractivity contribution is 7.12. The minimum absolute atomic E-state index is 0.0559. The first kappa shape index (κ1) is 13.3. The summed E-state index contributed by atoms with van der Waals surface area (Å²) in [6.07, 6.45) is 5.83. The summed E-state index contributed by atoms with van der Waals surface area (Å²) >= 11 is 1.80. The number of nitrogens with two attached hydrogens (primary N) is 1. The molecule has 0 saturated carbocycles. The topological polar surface area (TPSA) is 43.8 Å². The Kier molecular flexibility index (Phi) is 4.19. The lowest BCUT2D eigenvalue weighted by Crippen LogP contribution is -2.15. The Bertz CT molecular complexity index is 493. The number of aryl methyl sites for hydroxylation is 3. The molecule has 2 rings (SSSR count). The molecule has 2 aromatic heterocycles. The quantitative estimate of drug-likeness (QED) is 0.900. The van der Waals surface area contributed by atoms with Crippen molar-refractivity contribution in [3.63, 3.8) is 0 Å². The fourth-order valence-corrected chi connectivity index (χ4v) is 3.10. The van der Waals surface area contributed by atoms with E-state index in [0.717, 1.165) is 25.2 Å². The maximum absolute atomic E-state index is 6.29. The van der Waals surface area contributed by atoms with Gasteiger partial charge in [-0.05, 0) is 31.9 Å². The number of thiophene rings is 1. The molecule has 0 radical (unpaired) electrons. The predicted molar refractivity (Wildman–Crippen MR) is 76.9 cm³/mol. The van der Waals surface area contributed by atoms with Gasteiger partial charge in [0.15, 0.2) is 0 Å². The van der Waals surface area contributed by atoms with Gasteiger partial charge in [0.25, 0.3) is 0 Å². The zero-order valence-corrected chi connectivity index (χ0v) is 12.1. The Hall–Kier alpha value is -1.13. The van der Waals surface area contributed by atoms with Crippen LogP contribution in [0, 0.1) is 13.8 Å². The second-order valence-electron chi connectivity index (χ2n) is 4.74. The Balaban J connectivity index is 2.10. The largest absolute Gasteiger partial charge is 0.335 e. The van der Waals surface area contributed by atoms with Gasteiger partial charge in [-0.3, -0.25) is 0 Å². The summed E-state index contributed by atoms with van der Waals surface area (Å²) in [7, 11) is 0. The van der Waals surface area contributed by atoms with E-state index in [1.54, 1.807) is 11.3 Å². The Morgan fingerprint density at radius 3 is 2.83 bits per heavy atom. The first-order valence-corrected chi connectivity index (χ1v) is 7.26. The normalized spacial score (nSPS) is 12.9. The summed E-state index contributed by atoms with van der Waals surface area (Å²) in [4.78, 5) is 7.04. The fraction of sp³-hybridized carbons (Fsp3) is 0.500. The van der Waals surface area contributed by atoms with Crippen LogP contribution in [0.15, 0.2) is 18.5 Å². The second kappa shape index (κ2) is 5.67. The molecule has 0 bridgehead atoms. The fourth-order valence-electron chi connectivity index (χ4n) is 2.06. The van der Waals surface area contributed by atoms with Crippen molar-refractivity contribution in [2.24, 2.45) is 5.73 Å². The van der Waals surface area contributed by atoms with Crippen molar-refractivity contribution in [1.29, 1.82) is 0 Å². The smallest absolute Gasteiger partial charge is 0.110 e. The Labute approximate surface area is 113 Å². The van der Waals surface area contributed by atoms with Crippen molar-refractivity contribution in [3.05, 3.63) is 39.6 Å². The van der Waals surface area contributed by atoms with Gasteiger partial charge in [-0.25, -0.2) is 4.98 Å². The van der Waals surface area contributed by atoms with E-state index in [1.165, 1.54) is 15.3 Å². The van der Waals surface area contributed by atoms with E-state index >= 15 is 0 Å².